The van der Waals surface area contributed by atoms with Crippen molar-refractivity contribution in [3.8, 4) is 10.6 Å². The molecule has 1 saturated heterocycles. The first-order valence-corrected chi connectivity index (χ1v) is 17.0. The van der Waals surface area contributed by atoms with Gasteiger partial charge in [-0.3, -0.25) is 0 Å². The van der Waals surface area contributed by atoms with E-state index in [4.69, 9.17) is 35.2 Å². The molecule has 0 spiro atoms. The summed E-state index contributed by atoms with van der Waals surface area (Å²) in [5, 5.41) is 1.82. The molecule has 1 aliphatic carbocycles. The number of rotatable bonds is 11. The average molecular weight is 640 g/mol. The summed E-state index contributed by atoms with van der Waals surface area (Å²) in [6, 6.07) is 30.9. The number of nitrogens with zero attached hydrogens (tertiary/aromatic N) is 1. The van der Waals surface area contributed by atoms with E-state index in [0.717, 1.165) is 62.2 Å². The van der Waals surface area contributed by atoms with Gasteiger partial charge in [0.15, 0.2) is 0 Å². The SMILES string of the molecule is CC[C@H]1O[C@@H](c2ccc(Cl)c(C3(c4ncc(-c5ccco5)s4)CC3)c2)[C@H](OCc2ccccc2)[C@@H](OCc2ccccc2)[C@@H]1C. The third-order valence-corrected chi connectivity index (χ3v) is 10.8. The van der Waals surface area contributed by atoms with Crippen molar-refractivity contribution in [1.29, 1.82) is 0 Å². The van der Waals surface area contributed by atoms with Crippen molar-refractivity contribution in [2.45, 2.75) is 76.2 Å². The van der Waals surface area contributed by atoms with Crippen LogP contribution < -0.4 is 0 Å². The van der Waals surface area contributed by atoms with Gasteiger partial charge in [0.25, 0.3) is 0 Å². The van der Waals surface area contributed by atoms with Crippen molar-refractivity contribution in [3.63, 3.8) is 0 Å². The third kappa shape index (κ3) is 6.27. The molecule has 7 heteroatoms. The predicted molar refractivity (Wildman–Crippen MR) is 178 cm³/mol. The Labute approximate surface area is 274 Å². The highest BCUT2D eigenvalue weighted by atomic mass is 35.5. The molecule has 0 bridgehead atoms. The summed E-state index contributed by atoms with van der Waals surface area (Å²) in [6.07, 6.45) is 5.71. The third-order valence-electron chi connectivity index (χ3n) is 9.28. The molecule has 5 aromatic rings. The number of halogens is 1. The zero-order chi connectivity index (χ0) is 30.8. The first kappa shape index (κ1) is 30.4. The minimum Gasteiger partial charge on any atom is -0.463 e. The Kier molecular flexibility index (Phi) is 8.94. The van der Waals surface area contributed by atoms with E-state index in [9.17, 15) is 0 Å². The minimum absolute atomic E-state index is 0.0242. The molecule has 2 aliphatic rings. The molecule has 5 nitrogen and oxygen atoms in total. The van der Waals surface area contributed by atoms with Gasteiger partial charge in [-0.15, -0.1) is 11.3 Å². The smallest absolute Gasteiger partial charge is 0.145 e. The van der Waals surface area contributed by atoms with Gasteiger partial charge in [0.1, 0.15) is 23.0 Å². The summed E-state index contributed by atoms with van der Waals surface area (Å²) in [5.41, 5.74) is 4.21. The monoisotopic (exact) mass is 639 g/mol. The van der Waals surface area contributed by atoms with Gasteiger partial charge in [-0.2, -0.15) is 0 Å². The molecule has 3 aromatic carbocycles. The second-order valence-electron chi connectivity index (χ2n) is 12.2. The first-order valence-electron chi connectivity index (χ1n) is 15.8. The standard InChI is InChI=1S/C38H38ClNO4S/c1-3-31-25(2)34(42-23-26-11-6-4-7-12-26)36(43-24-27-13-8-5-9-14-27)35(44-31)28-16-17-30(39)29(21-28)38(18-19-38)37-40-22-33(45-37)32-15-10-20-41-32/h4-17,20-22,25,31,34-36H,3,18-19,23-24H2,1-2H3/t25-,31-,34+,35+,36-/m1/s1. The van der Waals surface area contributed by atoms with Crippen LogP contribution >= 0.6 is 22.9 Å². The Hall–Kier alpha value is -3.26. The molecule has 0 N–H and O–H groups in total. The van der Waals surface area contributed by atoms with E-state index in [1.807, 2.05) is 48.7 Å². The van der Waals surface area contributed by atoms with E-state index in [0.29, 0.717) is 13.2 Å². The molecular weight excluding hydrogens is 602 g/mol. The van der Waals surface area contributed by atoms with Crippen LogP contribution in [0.5, 0.6) is 0 Å². The zero-order valence-corrected chi connectivity index (χ0v) is 27.2. The summed E-state index contributed by atoms with van der Waals surface area (Å²) in [6.45, 7) is 5.40. The van der Waals surface area contributed by atoms with Crippen molar-refractivity contribution >= 4 is 22.9 Å². The summed E-state index contributed by atoms with van der Waals surface area (Å²) in [4.78, 5) is 5.89. The summed E-state index contributed by atoms with van der Waals surface area (Å²) >= 11 is 8.66. The lowest BCUT2D eigenvalue weighted by Gasteiger charge is -2.46. The van der Waals surface area contributed by atoms with E-state index < -0.39 is 0 Å². The normalized spacial score (nSPS) is 24.0. The molecule has 1 aliphatic heterocycles. The Morgan fingerprint density at radius 2 is 1.58 bits per heavy atom. The molecule has 3 heterocycles. The second-order valence-corrected chi connectivity index (χ2v) is 13.7. The maximum atomic E-state index is 6.98. The summed E-state index contributed by atoms with van der Waals surface area (Å²) in [5.74, 6) is 0.984. The van der Waals surface area contributed by atoms with Crippen LogP contribution in [0.25, 0.3) is 10.6 Å². The van der Waals surface area contributed by atoms with Crippen LogP contribution in [-0.4, -0.2) is 23.3 Å². The predicted octanol–water partition coefficient (Wildman–Crippen LogP) is 9.79. The first-order chi connectivity index (χ1) is 22.1. The van der Waals surface area contributed by atoms with Crippen LogP contribution in [0.2, 0.25) is 5.02 Å². The summed E-state index contributed by atoms with van der Waals surface area (Å²) < 4.78 is 26.1. The highest BCUT2D eigenvalue weighted by molar-refractivity contribution is 7.15. The van der Waals surface area contributed by atoms with Crippen LogP contribution in [0.3, 0.4) is 0 Å². The fourth-order valence-corrected chi connectivity index (χ4v) is 8.05. The molecule has 45 heavy (non-hydrogen) atoms. The van der Waals surface area contributed by atoms with Gasteiger partial charge in [0, 0.05) is 22.6 Å². The van der Waals surface area contributed by atoms with Gasteiger partial charge in [-0.1, -0.05) is 98.2 Å². The quantitative estimate of drug-likeness (QED) is 0.144. The highest BCUT2D eigenvalue weighted by Crippen LogP contribution is 2.57. The van der Waals surface area contributed by atoms with Gasteiger partial charge in [0.2, 0.25) is 0 Å². The number of hydrogen-bond donors (Lipinski definition) is 0. The van der Waals surface area contributed by atoms with E-state index in [2.05, 4.69) is 62.4 Å². The van der Waals surface area contributed by atoms with Crippen LogP contribution in [0.4, 0.5) is 0 Å². The fourth-order valence-electron chi connectivity index (χ4n) is 6.61. The summed E-state index contributed by atoms with van der Waals surface area (Å²) in [7, 11) is 0. The van der Waals surface area contributed by atoms with Crippen molar-refractivity contribution in [2.24, 2.45) is 5.92 Å². The molecule has 2 fully saturated rings. The molecule has 2 aromatic heterocycles. The Morgan fingerprint density at radius 3 is 2.20 bits per heavy atom. The number of furan rings is 1. The maximum absolute atomic E-state index is 6.98. The van der Waals surface area contributed by atoms with Crippen LogP contribution in [-0.2, 0) is 32.8 Å². The Bertz CT molecular complexity index is 1690. The molecule has 1 saturated carbocycles. The number of benzene rings is 3. The molecule has 7 rings (SSSR count). The number of hydrogen-bond acceptors (Lipinski definition) is 6. The number of thiazole rings is 1. The average Bonchev–Trinajstić information content (AvgIpc) is 3.43. The molecule has 0 unspecified atom stereocenters. The topological polar surface area (TPSA) is 53.7 Å². The van der Waals surface area contributed by atoms with Crippen LogP contribution in [0.15, 0.2) is 108 Å². The molecular formula is C38H38ClNO4S. The minimum atomic E-state index is -0.322. The molecule has 5 atom stereocenters. The second kappa shape index (κ2) is 13.2. The van der Waals surface area contributed by atoms with Gasteiger partial charge < -0.3 is 18.6 Å². The largest absolute Gasteiger partial charge is 0.463 e. The molecule has 232 valence electrons. The lowest BCUT2D eigenvalue weighted by molar-refractivity contribution is -0.234. The van der Waals surface area contributed by atoms with E-state index in [-0.39, 0.29) is 35.7 Å². The Balaban J connectivity index is 1.23. The van der Waals surface area contributed by atoms with E-state index in [1.165, 1.54) is 0 Å². The van der Waals surface area contributed by atoms with Crippen molar-refractivity contribution in [3.05, 3.63) is 136 Å². The van der Waals surface area contributed by atoms with Gasteiger partial charge >= 0.3 is 0 Å². The van der Waals surface area contributed by atoms with Crippen molar-refractivity contribution < 1.29 is 18.6 Å². The molecule has 0 radical (unpaired) electrons. The fraction of sp³-hybridized carbons (Fsp3) is 0.342. The lowest BCUT2D eigenvalue weighted by atomic mass is 9.83. The number of ether oxygens (including phenoxy) is 3. The van der Waals surface area contributed by atoms with Crippen molar-refractivity contribution in [1.82, 2.24) is 4.98 Å². The lowest BCUT2D eigenvalue weighted by Crippen LogP contribution is -2.51. The maximum Gasteiger partial charge on any atom is 0.145 e. The number of aromatic nitrogens is 1. The van der Waals surface area contributed by atoms with Gasteiger partial charge in [-0.25, -0.2) is 4.98 Å². The van der Waals surface area contributed by atoms with E-state index in [1.54, 1.807) is 17.6 Å². The van der Waals surface area contributed by atoms with Gasteiger partial charge in [-0.05, 0) is 59.7 Å². The van der Waals surface area contributed by atoms with Gasteiger partial charge in [0.05, 0.1) is 36.6 Å². The van der Waals surface area contributed by atoms with Crippen LogP contribution in [0, 0.1) is 5.92 Å². The zero-order valence-electron chi connectivity index (χ0n) is 25.6. The Morgan fingerprint density at radius 1 is 0.889 bits per heavy atom. The highest BCUT2D eigenvalue weighted by Gasteiger charge is 2.51. The van der Waals surface area contributed by atoms with Crippen molar-refractivity contribution in [2.75, 3.05) is 0 Å². The molecule has 0 amide bonds. The van der Waals surface area contributed by atoms with Crippen LogP contribution in [0.1, 0.15) is 66.5 Å². The van der Waals surface area contributed by atoms with E-state index >= 15 is 0 Å².